The summed E-state index contributed by atoms with van der Waals surface area (Å²) in [5.74, 6) is 7.68. The lowest BCUT2D eigenvalue weighted by atomic mass is 9.18. The van der Waals surface area contributed by atoms with E-state index in [-0.39, 0.29) is 16.2 Å². The fourth-order valence-electron chi connectivity index (χ4n) is 21.0. The van der Waals surface area contributed by atoms with Crippen LogP contribution in [0.25, 0.3) is 0 Å². The molecule has 6 aliphatic carbocycles. The molecule has 0 nitrogen and oxygen atoms in total. The van der Waals surface area contributed by atoms with Crippen molar-refractivity contribution in [3.8, 4) is 0 Å². The molecule has 0 saturated heterocycles. The lowest BCUT2D eigenvalue weighted by Gasteiger charge is -2.86. The van der Waals surface area contributed by atoms with Crippen LogP contribution in [0.15, 0.2) is 0 Å². The second kappa shape index (κ2) is 18.6. The molecule has 6 aliphatic rings. The Balaban J connectivity index is 1.99. The van der Waals surface area contributed by atoms with E-state index in [0.717, 1.165) is 41.4 Å². The fraction of sp³-hybridized carbons (Fsp3) is 1.00. The minimum atomic E-state index is 0.204. The van der Waals surface area contributed by atoms with Crippen LogP contribution in [0.5, 0.6) is 0 Å². The molecular formula is C58H106. The summed E-state index contributed by atoms with van der Waals surface area (Å²) in [6.07, 6.45) is 43.6. The van der Waals surface area contributed by atoms with Gasteiger partial charge in [-0.2, -0.15) is 0 Å². The van der Waals surface area contributed by atoms with Crippen LogP contribution >= 0.6 is 0 Å². The number of rotatable bonds is 16. The van der Waals surface area contributed by atoms with E-state index in [2.05, 4.69) is 90.0 Å². The number of hydrogen-bond donors (Lipinski definition) is 0. The lowest BCUT2D eigenvalue weighted by molar-refractivity contribution is -0.388. The van der Waals surface area contributed by atoms with Crippen LogP contribution in [0, 0.1) is 91.2 Å². The first-order valence-corrected chi connectivity index (χ1v) is 27.6. The van der Waals surface area contributed by atoms with Crippen LogP contribution in [-0.4, -0.2) is 0 Å². The zero-order valence-electron chi connectivity index (χ0n) is 42.2. The predicted octanol–water partition coefficient (Wildman–Crippen LogP) is 19.1. The van der Waals surface area contributed by atoms with Crippen LogP contribution in [0.4, 0.5) is 0 Å². The van der Waals surface area contributed by atoms with Gasteiger partial charge in [0.2, 0.25) is 0 Å². The Hall–Kier alpha value is 0. The minimum absolute atomic E-state index is 0.204. The Morgan fingerprint density at radius 2 is 1.07 bits per heavy atom. The predicted molar refractivity (Wildman–Crippen MR) is 256 cm³/mol. The maximum absolute atomic E-state index is 3.05. The highest BCUT2D eigenvalue weighted by molar-refractivity contribution is 5.33. The topological polar surface area (TPSA) is 0 Å². The Labute approximate surface area is 366 Å². The van der Waals surface area contributed by atoms with Gasteiger partial charge in [-0.05, 0) is 168 Å². The van der Waals surface area contributed by atoms with Gasteiger partial charge in [0.1, 0.15) is 0 Å². The summed E-state index contributed by atoms with van der Waals surface area (Å²) in [4.78, 5) is 0. The molecule has 8 unspecified atom stereocenters. The van der Waals surface area contributed by atoms with Gasteiger partial charge in [-0.1, -0.05) is 199 Å². The van der Waals surface area contributed by atoms with Crippen molar-refractivity contribution in [1.82, 2.24) is 0 Å². The average Bonchev–Trinajstić information content (AvgIpc) is 3.94. The van der Waals surface area contributed by atoms with Gasteiger partial charge in [-0.25, -0.2) is 0 Å². The van der Waals surface area contributed by atoms with Gasteiger partial charge in [0.15, 0.2) is 0 Å². The van der Waals surface area contributed by atoms with Gasteiger partial charge in [-0.15, -0.1) is 0 Å². The molecule has 0 aromatic carbocycles. The minimum Gasteiger partial charge on any atom is -0.0654 e. The molecule has 8 atom stereocenters. The van der Waals surface area contributed by atoms with Crippen LogP contribution in [-0.2, 0) is 0 Å². The zero-order chi connectivity index (χ0) is 42.2. The highest BCUT2D eigenvalue weighted by atomic mass is 14.9. The third-order valence-corrected chi connectivity index (χ3v) is 21.7. The van der Waals surface area contributed by atoms with Crippen molar-refractivity contribution in [1.29, 1.82) is 0 Å². The molecule has 58 heavy (non-hydrogen) atoms. The normalized spacial score (nSPS) is 40.1. The molecular weight excluding hydrogens is 697 g/mol. The van der Waals surface area contributed by atoms with Gasteiger partial charge in [-0.3, -0.25) is 0 Å². The van der Waals surface area contributed by atoms with Crippen molar-refractivity contribution in [2.75, 3.05) is 0 Å². The second-order valence-corrected chi connectivity index (χ2v) is 25.5. The van der Waals surface area contributed by atoms with Gasteiger partial charge in [0, 0.05) is 0 Å². The summed E-state index contributed by atoms with van der Waals surface area (Å²) in [5.41, 5.74) is 2.21. The molecule has 338 valence electrons. The fourth-order valence-corrected chi connectivity index (χ4v) is 21.0. The van der Waals surface area contributed by atoms with E-state index in [1.165, 1.54) is 116 Å². The van der Waals surface area contributed by atoms with Crippen molar-refractivity contribution >= 4 is 0 Å². The van der Waals surface area contributed by atoms with E-state index in [9.17, 15) is 0 Å². The molecule has 6 saturated carbocycles. The third kappa shape index (κ3) is 6.87. The van der Waals surface area contributed by atoms with Crippen molar-refractivity contribution in [3.63, 3.8) is 0 Å². The van der Waals surface area contributed by atoms with E-state index in [1.54, 1.807) is 70.6 Å². The Morgan fingerprint density at radius 1 is 0.569 bits per heavy atom. The third-order valence-electron chi connectivity index (χ3n) is 21.7. The molecule has 0 aromatic rings. The molecule has 0 aromatic heterocycles. The molecule has 0 amide bonds. The quantitative estimate of drug-likeness (QED) is 0.136. The first kappa shape index (κ1) is 47.5. The molecule has 0 spiro atoms. The molecule has 0 bridgehead atoms. The maximum atomic E-state index is 3.05. The molecule has 6 fully saturated rings. The molecule has 0 N–H and O–H groups in total. The van der Waals surface area contributed by atoms with Gasteiger partial charge >= 0.3 is 0 Å². The van der Waals surface area contributed by atoms with E-state index in [0.29, 0.717) is 33.5 Å². The average molecular weight is 803 g/mol. The standard InChI is InChI=1S/C58H106/c1-14-18-40-54(41-43(5)6)55(39-15-2,44(7)8)53(13,17-4)42-51(46-29-22-19-20-23-30-46)56(48-33-26-27-34-48,47-31-24-21-25-32-47)57(50-37-38-50,49-35-28-36-49)58(54,45(9)16-3)52(10,11)12/h43-51H,14-42H2,1-13H3. The summed E-state index contributed by atoms with van der Waals surface area (Å²) >= 11 is 0. The van der Waals surface area contributed by atoms with Crippen LogP contribution in [0.1, 0.15) is 276 Å². The summed E-state index contributed by atoms with van der Waals surface area (Å²) in [5, 5.41) is 0. The van der Waals surface area contributed by atoms with Crippen LogP contribution < -0.4 is 0 Å². The monoisotopic (exact) mass is 803 g/mol. The second-order valence-electron chi connectivity index (χ2n) is 25.5. The molecule has 0 aliphatic heterocycles. The summed E-state index contributed by atoms with van der Waals surface area (Å²) < 4.78 is 0. The summed E-state index contributed by atoms with van der Waals surface area (Å²) in [7, 11) is 0. The van der Waals surface area contributed by atoms with Crippen LogP contribution in [0.2, 0.25) is 0 Å². The molecule has 0 heterocycles. The summed E-state index contributed by atoms with van der Waals surface area (Å²) in [6.45, 7) is 36.7. The molecule has 0 radical (unpaired) electrons. The molecule has 6 rings (SSSR count). The van der Waals surface area contributed by atoms with Gasteiger partial charge in [0.25, 0.3) is 0 Å². The highest BCUT2D eigenvalue weighted by Gasteiger charge is 2.86. The Bertz CT molecular complexity index is 1250. The van der Waals surface area contributed by atoms with Gasteiger partial charge < -0.3 is 0 Å². The van der Waals surface area contributed by atoms with E-state index >= 15 is 0 Å². The Morgan fingerprint density at radius 3 is 1.48 bits per heavy atom. The number of hydrogen-bond acceptors (Lipinski definition) is 0. The van der Waals surface area contributed by atoms with E-state index in [4.69, 9.17) is 0 Å². The van der Waals surface area contributed by atoms with Crippen LogP contribution in [0.3, 0.4) is 0 Å². The summed E-state index contributed by atoms with van der Waals surface area (Å²) in [6, 6.07) is 0. The first-order valence-electron chi connectivity index (χ1n) is 27.6. The Kier molecular flexibility index (Phi) is 15.2. The van der Waals surface area contributed by atoms with Crippen molar-refractivity contribution in [2.24, 2.45) is 91.2 Å². The SMILES string of the molecule is CCCCC1(CC(C)C)C(CCC)(C(C)C)C(C)(CC)CC(C2CCCCCC2)C(C2CCCCC2)(C2CCCC2)C(C2CCC2)(C2CC2)C1(C(C)CC)C(C)(C)C. The largest absolute Gasteiger partial charge is 0.0654 e. The van der Waals surface area contributed by atoms with Gasteiger partial charge in [0.05, 0.1) is 0 Å². The smallest absolute Gasteiger partial charge is 0.00938 e. The lowest BCUT2D eigenvalue weighted by Crippen LogP contribution is -2.81. The van der Waals surface area contributed by atoms with E-state index in [1.807, 2.05) is 0 Å². The first-order chi connectivity index (χ1) is 27.6. The highest BCUT2D eigenvalue weighted by Crippen LogP contribution is 2.91. The maximum Gasteiger partial charge on any atom is -0.00938 e. The van der Waals surface area contributed by atoms with Crippen molar-refractivity contribution in [2.45, 2.75) is 276 Å². The van der Waals surface area contributed by atoms with E-state index < -0.39 is 0 Å². The van der Waals surface area contributed by atoms with Crippen molar-refractivity contribution < 1.29 is 0 Å². The molecule has 0 heteroatoms. The number of unbranched alkanes of at least 4 members (excludes halogenated alkanes) is 1. The zero-order valence-corrected chi connectivity index (χ0v) is 42.2. The van der Waals surface area contributed by atoms with Crippen molar-refractivity contribution in [3.05, 3.63) is 0 Å².